The molecule has 694 valence electrons. The molecule has 12 heterocycles. The van der Waals surface area contributed by atoms with Crippen LogP contribution in [0.5, 0.6) is 6.01 Å². The highest BCUT2D eigenvalue weighted by atomic mass is 32.5. The fraction of sp³-hybridized carbons (Fsp3) is 0.250. The van der Waals surface area contributed by atoms with Crippen molar-refractivity contribution in [3.8, 4) is 6.01 Å². The lowest BCUT2D eigenvalue weighted by Crippen LogP contribution is -2.11. The van der Waals surface area contributed by atoms with Crippen molar-refractivity contribution < 1.29 is 59.3 Å². The van der Waals surface area contributed by atoms with Crippen LogP contribution in [-0.2, 0) is 23.7 Å². The maximum absolute atomic E-state index is 14.1. The Kier molecular flexibility index (Phi) is 26.4. The van der Waals surface area contributed by atoms with Crippen LogP contribution in [0.4, 0.5) is 124 Å². The number of anilines is 12. The standard InChI is InChI=1S/C16H18FN5.2C15H15F2N5.C15H17N5O.C14H12F3N5.C13H12F5N5S/c1-10-5-7-12(8-6-10)19-13-9-11(2)18-15-20-14(16(3,4)17)21-22(13)15;2*1-9-4-6-11(7-5-9)19-12-8-10(2)18-14-20-13(15(3,16)17)21-22(12)14;1-4-21-15-18-14-16-11(3)9-13(20(14)19-15)17-12-7-5-10(2)6-8-12;1-8-7-12(22-13(18-8)19-9(2)21-22)20-11-5-3-10(4-6-11)14(15,16)17;1-8-7-12(23-13(19-8)20-9(2)22-23)21-10-3-5-11(6-4-10)24(14,15,16,17)18/h5-9,19H,1-4H3;2*4-8,19H,1-3H3;5-9,17H,4H2,1-3H3;3-7,20H,1-2H3;3-7,21H,1-2H3. The number of hydrogen-bond acceptors (Lipinski definition) is 25. The number of alkyl halides is 8. The van der Waals surface area contributed by atoms with E-state index in [0.29, 0.717) is 111 Å². The molecule has 0 unspecified atom stereocenters. The normalized spacial score (nSPS) is 12.3. The fourth-order valence-corrected chi connectivity index (χ4v) is 13.1. The summed E-state index contributed by atoms with van der Waals surface area (Å²) < 4.78 is 183. The zero-order chi connectivity index (χ0) is 96.3. The van der Waals surface area contributed by atoms with E-state index in [1.165, 1.54) is 59.7 Å². The van der Waals surface area contributed by atoms with Crippen LogP contribution in [0.3, 0.4) is 0 Å². The predicted octanol–water partition coefficient (Wildman–Crippen LogP) is 22.4. The van der Waals surface area contributed by atoms with E-state index < -0.39 is 56.0 Å². The third kappa shape index (κ3) is 24.6. The molecular weight excluding hydrogens is 1770 g/mol. The average Bonchev–Trinajstić information content (AvgIpc) is 1.71. The molecule has 12 aromatic heterocycles. The van der Waals surface area contributed by atoms with Crippen molar-refractivity contribution in [1.29, 1.82) is 0 Å². The monoisotopic (exact) mass is 1860 g/mol. The molecule has 133 heavy (non-hydrogen) atoms. The van der Waals surface area contributed by atoms with Gasteiger partial charge in [0.05, 0.1) is 12.2 Å². The molecule has 6 aromatic carbocycles. The molecule has 0 saturated heterocycles. The van der Waals surface area contributed by atoms with Gasteiger partial charge < -0.3 is 36.6 Å². The van der Waals surface area contributed by atoms with Crippen LogP contribution in [0.1, 0.15) is 126 Å². The summed E-state index contributed by atoms with van der Waals surface area (Å²) in [6, 6.07) is 49.9. The zero-order valence-electron chi connectivity index (χ0n) is 74.5. The van der Waals surface area contributed by atoms with Crippen LogP contribution in [-0.4, -0.2) is 124 Å². The lowest BCUT2D eigenvalue weighted by Gasteiger charge is -2.40. The van der Waals surface area contributed by atoms with Crippen LogP contribution in [0.25, 0.3) is 34.7 Å². The number of aromatic nitrogens is 24. The highest BCUT2D eigenvalue weighted by Gasteiger charge is 2.65. The SMILES string of the molecule is CCOc1nc2nc(C)cc(Nc3ccc(C)cc3)n2n1.Cc1cc(Nc2ccc(C(F)(F)F)cc2)n2nc(C)nc2n1.Cc1cc(Nc2ccc(S(F)(F)(F)(F)F)cc2)n2nc(C)nc2n1.Cc1ccc(Nc2cc(C)nc3nc(C(C)(C)F)nn23)cc1.Cc1ccc(Nc2cc(C)nc3nc(C(C)(F)F)nn23)cc1.Cc1ccc(Nc2cc(C)nc3nc(C(C)(F)F)nn23)cc1. The Morgan fingerprint density at radius 2 is 0.519 bits per heavy atom. The zero-order valence-corrected chi connectivity index (χ0v) is 75.3. The Hall–Kier alpha value is -15.3. The Balaban J connectivity index is 0.000000136. The number of rotatable bonds is 18. The first-order chi connectivity index (χ1) is 62.3. The van der Waals surface area contributed by atoms with Gasteiger partial charge in [0.1, 0.15) is 51.5 Å². The molecule has 0 bridgehead atoms. The number of nitrogens with zero attached hydrogens (tertiary/aromatic N) is 24. The van der Waals surface area contributed by atoms with E-state index in [-0.39, 0.29) is 23.1 Å². The maximum atomic E-state index is 14.1. The summed E-state index contributed by atoms with van der Waals surface area (Å²) in [5.74, 6) is -0.635. The molecule has 0 fully saturated rings. The molecule has 0 saturated carbocycles. The molecule has 18 rings (SSSR count). The van der Waals surface area contributed by atoms with Crippen molar-refractivity contribution >= 4 is 114 Å². The Morgan fingerprint density at radius 3 is 0.774 bits per heavy atom. The van der Waals surface area contributed by atoms with E-state index in [2.05, 4.69) is 141 Å². The smallest absolute Gasteiger partial charge is 0.416 e. The van der Waals surface area contributed by atoms with Gasteiger partial charge in [-0.05, 0) is 201 Å². The minimum Gasteiger partial charge on any atom is -0.463 e. The van der Waals surface area contributed by atoms with E-state index in [9.17, 15) is 54.6 Å². The van der Waals surface area contributed by atoms with Gasteiger partial charge in [-0.2, -0.15) is 87.7 Å². The first kappa shape index (κ1) is 95.2. The highest BCUT2D eigenvalue weighted by Crippen LogP contribution is 3.02. The molecule has 0 aliphatic rings. The van der Waals surface area contributed by atoms with Gasteiger partial charge >= 0.3 is 34.3 Å². The summed E-state index contributed by atoms with van der Waals surface area (Å²) in [6.45, 7) is 29.2. The van der Waals surface area contributed by atoms with Crippen LogP contribution in [0.15, 0.2) is 187 Å². The molecule has 6 N–H and O–H groups in total. The maximum Gasteiger partial charge on any atom is 0.416 e. The summed E-state index contributed by atoms with van der Waals surface area (Å²) in [4.78, 5) is 47.8. The summed E-state index contributed by atoms with van der Waals surface area (Å²) in [5.41, 5.74) is 11.0. The lowest BCUT2D eigenvalue weighted by molar-refractivity contribution is -0.137. The fourth-order valence-electron chi connectivity index (χ4n) is 12.4. The van der Waals surface area contributed by atoms with Gasteiger partial charge in [0.2, 0.25) is 11.6 Å². The van der Waals surface area contributed by atoms with Gasteiger partial charge in [0, 0.05) is 119 Å². The minimum absolute atomic E-state index is 0.123. The van der Waals surface area contributed by atoms with E-state index >= 15 is 0 Å². The van der Waals surface area contributed by atoms with Gasteiger partial charge in [-0.25, -0.2) is 34.3 Å². The Labute approximate surface area is 751 Å². The molecule has 0 aliphatic heterocycles. The number of benzene rings is 6. The van der Waals surface area contributed by atoms with Gasteiger partial charge in [-0.1, -0.05) is 90.2 Å². The number of nitrogens with one attached hydrogen (secondary N) is 6. The van der Waals surface area contributed by atoms with Gasteiger partial charge in [-0.3, -0.25) is 0 Å². The Bertz CT molecular complexity index is 6860. The number of halogens is 13. The van der Waals surface area contributed by atoms with Crippen molar-refractivity contribution in [3.05, 3.63) is 273 Å². The number of hydrogen-bond donors (Lipinski definition) is 6. The second kappa shape index (κ2) is 36.9. The molecule has 45 heteroatoms. The molecule has 0 spiro atoms. The van der Waals surface area contributed by atoms with Crippen molar-refractivity contribution in [2.24, 2.45) is 0 Å². The van der Waals surface area contributed by atoms with Crippen LogP contribution in [0.2, 0.25) is 0 Å². The molecule has 0 aliphatic carbocycles. The lowest BCUT2D eigenvalue weighted by atomic mass is 10.2. The minimum atomic E-state index is -9.67. The second-order valence-electron chi connectivity index (χ2n) is 31.5. The first-order valence-corrected chi connectivity index (χ1v) is 42.6. The predicted molar refractivity (Wildman–Crippen MR) is 481 cm³/mol. The number of ether oxygens (including phenoxy) is 1. The third-order valence-electron chi connectivity index (χ3n) is 18.8. The van der Waals surface area contributed by atoms with Crippen LogP contribution >= 0.6 is 10.2 Å². The van der Waals surface area contributed by atoms with Crippen LogP contribution in [0, 0.1) is 83.1 Å². The Morgan fingerprint density at radius 1 is 0.286 bits per heavy atom. The average molecular weight is 1860 g/mol. The van der Waals surface area contributed by atoms with E-state index in [1.54, 1.807) is 63.4 Å². The number of aryl methyl sites for hydroxylation is 12. The topological polar surface area (TPSA) is 340 Å². The van der Waals surface area contributed by atoms with Crippen molar-refractivity contribution in [2.45, 2.75) is 146 Å². The summed E-state index contributed by atoms with van der Waals surface area (Å²) in [5, 5.41) is 43.4. The van der Waals surface area contributed by atoms with E-state index in [0.717, 1.165) is 94.9 Å². The molecule has 0 radical (unpaired) electrons. The largest absolute Gasteiger partial charge is 0.463 e. The highest BCUT2D eigenvalue weighted by molar-refractivity contribution is 8.45. The first-order valence-electron chi connectivity index (χ1n) is 40.7. The second-order valence-corrected chi connectivity index (χ2v) is 33.9. The van der Waals surface area contributed by atoms with Gasteiger partial charge in [-0.15, -0.1) is 30.6 Å². The van der Waals surface area contributed by atoms with Crippen molar-refractivity contribution in [2.75, 3.05) is 38.5 Å². The summed E-state index contributed by atoms with van der Waals surface area (Å²) >= 11 is 0. The molecule has 0 amide bonds. The molecule has 18 aromatic rings. The van der Waals surface area contributed by atoms with E-state index in [4.69, 9.17) is 4.74 Å². The van der Waals surface area contributed by atoms with Crippen LogP contribution < -0.4 is 36.6 Å². The molecule has 31 nitrogen and oxygen atoms in total. The van der Waals surface area contributed by atoms with E-state index in [1.807, 2.05) is 146 Å². The summed E-state index contributed by atoms with van der Waals surface area (Å²) in [7, 11) is -9.67. The quantitative estimate of drug-likeness (QED) is 0.0435. The van der Waals surface area contributed by atoms with Gasteiger partial charge in [0.15, 0.2) is 11.5 Å². The number of fused-ring (bicyclic) bond motifs is 6. The third-order valence-corrected chi connectivity index (χ3v) is 19.9. The van der Waals surface area contributed by atoms with Crippen molar-refractivity contribution in [1.82, 2.24) is 117 Å². The summed E-state index contributed by atoms with van der Waals surface area (Å²) in [6.07, 6.45) is -4.35. The molecule has 0 atom stereocenters. The molecular formula is C88H89F13N30OS. The van der Waals surface area contributed by atoms with Gasteiger partial charge in [0.25, 0.3) is 34.7 Å². The van der Waals surface area contributed by atoms with Crippen molar-refractivity contribution in [3.63, 3.8) is 0 Å².